The van der Waals surface area contributed by atoms with Gasteiger partial charge >= 0.3 is 0 Å². The molecule has 32 heavy (non-hydrogen) atoms. The van der Waals surface area contributed by atoms with Gasteiger partial charge in [-0.3, -0.25) is 4.79 Å². The minimum Gasteiger partial charge on any atom is -0.365 e. The zero-order valence-corrected chi connectivity index (χ0v) is 18.8. The van der Waals surface area contributed by atoms with E-state index in [0.29, 0.717) is 37.4 Å². The summed E-state index contributed by atoms with van der Waals surface area (Å²) in [6.07, 6.45) is 3.69. The Bertz CT molecular complexity index is 1160. The summed E-state index contributed by atoms with van der Waals surface area (Å²) in [5, 5.41) is 19.3. The Hall–Kier alpha value is -3.39. The molecule has 0 bridgehead atoms. The van der Waals surface area contributed by atoms with Crippen LogP contribution in [0, 0.1) is 0 Å². The summed E-state index contributed by atoms with van der Waals surface area (Å²) in [6.45, 7) is 1.29. The highest BCUT2D eigenvalue weighted by Crippen LogP contribution is 2.15. The number of rotatable bonds is 10. The molecular weight excluding hydrogens is 420 g/mol. The van der Waals surface area contributed by atoms with E-state index in [1.54, 1.807) is 16.3 Å². The monoisotopic (exact) mass is 446 g/mol. The molecule has 0 atom stereocenters. The molecule has 0 unspecified atom stereocenters. The highest BCUT2D eigenvalue weighted by Gasteiger charge is 2.10. The molecule has 8 heteroatoms. The lowest BCUT2D eigenvalue weighted by Gasteiger charge is -2.07. The Morgan fingerprint density at radius 2 is 1.75 bits per heavy atom. The predicted octanol–water partition coefficient (Wildman–Crippen LogP) is 3.75. The van der Waals surface area contributed by atoms with E-state index in [1.165, 1.54) is 16.0 Å². The third-order valence-corrected chi connectivity index (χ3v) is 5.86. The van der Waals surface area contributed by atoms with Crippen LogP contribution in [-0.2, 0) is 24.2 Å². The molecule has 1 amide bonds. The number of carbonyl (C=O) groups is 1. The Balaban J connectivity index is 1.28. The van der Waals surface area contributed by atoms with E-state index >= 15 is 0 Å². The lowest BCUT2D eigenvalue weighted by Crippen LogP contribution is -2.26. The third kappa shape index (κ3) is 5.85. The van der Waals surface area contributed by atoms with E-state index in [-0.39, 0.29) is 5.91 Å². The Morgan fingerprint density at radius 1 is 0.938 bits per heavy atom. The molecule has 0 aliphatic heterocycles. The molecule has 2 N–H and O–H groups in total. The van der Waals surface area contributed by atoms with Crippen LogP contribution in [-0.4, -0.2) is 38.5 Å². The van der Waals surface area contributed by atoms with Crippen molar-refractivity contribution in [2.45, 2.75) is 30.7 Å². The molecule has 2 aromatic heterocycles. The highest BCUT2D eigenvalue weighted by molar-refractivity contribution is 7.98. The fraction of sp³-hybridized carbons (Fsp3) is 0.250. The molecule has 164 valence electrons. The minimum atomic E-state index is 0.000779. The normalized spacial score (nSPS) is 10.9. The molecule has 0 fully saturated rings. The van der Waals surface area contributed by atoms with Gasteiger partial charge in [0.05, 0.1) is 0 Å². The molecular formula is C24H26N6OS. The number of hydrogen-bond acceptors (Lipinski definition) is 6. The van der Waals surface area contributed by atoms with Crippen molar-refractivity contribution in [3.05, 3.63) is 83.7 Å². The topological polar surface area (TPSA) is 84.2 Å². The van der Waals surface area contributed by atoms with E-state index in [4.69, 9.17) is 0 Å². The van der Waals surface area contributed by atoms with E-state index in [2.05, 4.69) is 68.6 Å². The maximum atomic E-state index is 12.3. The summed E-state index contributed by atoms with van der Waals surface area (Å²) in [5.41, 5.74) is 3.06. The van der Waals surface area contributed by atoms with Gasteiger partial charge in [-0.05, 0) is 48.1 Å². The van der Waals surface area contributed by atoms with Crippen molar-refractivity contribution >= 4 is 29.1 Å². The zero-order chi connectivity index (χ0) is 22.2. The Labute approximate surface area is 191 Å². The van der Waals surface area contributed by atoms with Gasteiger partial charge < -0.3 is 10.6 Å². The Kier molecular flexibility index (Phi) is 7.34. The summed E-state index contributed by atoms with van der Waals surface area (Å²) >= 11 is 1.72. The van der Waals surface area contributed by atoms with Gasteiger partial charge in [-0.25, -0.2) is 0 Å². The summed E-state index contributed by atoms with van der Waals surface area (Å²) in [4.78, 5) is 13.5. The summed E-state index contributed by atoms with van der Waals surface area (Å²) in [5.74, 6) is 1.41. The maximum absolute atomic E-state index is 12.3. The summed E-state index contributed by atoms with van der Waals surface area (Å²) in [7, 11) is 0. The van der Waals surface area contributed by atoms with Crippen LogP contribution in [0.5, 0.6) is 0 Å². The van der Waals surface area contributed by atoms with Crippen LogP contribution in [0.4, 0.5) is 5.82 Å². The van der Waals surface area contributed by atoms with Crippen LogP contribution < -0.4 is 10.6 Å². The molecule has 4 rings (SSSR count). The molecule has 0 aliphatic rings. The molecule has 7 nitrogen and oxygen atoms in total. The van der Waals surface area contributed by atoms with Gasteiger partial charge in [0.1, 0.15) is 5.82 Å². The number of anilines is 1. The van der Waals surface area contributed by atoms with Crippen molar-refractivity contribution in [1.29, 1.82) is 0 Å². The first-order valence-corrected chi connectivity index (χ1v) is 11.8. The number of amides is 1. The standard InChI is InChI=1S/C24H26N6OS/c1-32-20-9-7-18(8-10-20)15-16-25-24(31)14-13-23-28-27-22-12-11-21(29-30(22)23)26-17-19-5-3-2-4-6-19/h2-12H,13-17H2,1H3,(H,25,31)(H,26,29). The number of carbonyl (C=O) groups excluding carboxylic acids is 1. The van der Waals surface area contributed by atoms with Crippen LogP contribution in [0.2, 0.25) is 0 Å². The van der Waals surface area contributed by atoms with E-state index in [0.717, 1.165) is 12.2 Å². The average molecular weight is 447 g/mol. The van der Waals surface area contributed by atoms with Crippen molar-refractivity contribution in [3.8, 4) is 0 Å². The number of thioether (sulfide) groups is 1. The van der Waals surface area contributed by atoms with Crippen LogP contribution in [0.1, 0.15) is 23.4 Å². The SMILES string of the molecule is CSc1ccc(CCNC(=O)CCc2nnc3ccc(NCc4ccccc4)nn23)cc1. The lowest BCUT2D eigenvalue weighted by atomic mass is 10.1. The highest BCUT2D eigenvalue weighted by atomic mass is 32.2. The second-order valence-electron chi connectivity index (χ2n) is 7.39. The predicted molar refractivity (Wildman–Crippen MR) is 128 cm³/mol. The number of benzene rings is 2. The minimum absolute atomic E-state index is 0.000779. The smallest absolute Gasteiger partial charge is 0.220 e. The van der Waals surface area contributed by atoms with Gasteiger partial charge in [0.2, 0.25) is 5.91 Å². The van der Waals surface area contributed by atoms with Crippen molar-refractivity contribution < 1.29 is 4.79 Å². The molecule has 2 aromatic carbocycles. The molecule has 4 aromatic rings. The van der Waals surface area contributed by atoms with Gasteiger partial charge in [-0.15, -0.1) is 27.1 Å². The van der Waals surface area contributed by atoms with E-state index < -0.39 is 0 Å². The second-order valence-corrected chi connectivity index (χ2v) is 8.27. The molecule has 0 spiro atoms. The number of fused-ring (bicyclic) bond motifs is 1. The van der Waals surface area contributed by atoms with Gasteiger partial charge in [0.15, 0.2) is 11.5 Å². The van der Waals surface area contributed by atoms with Gasteiger partial charge in [0, 0.05) is 30.8 Å². The largest absolute Gasteiger partial charge is 0.365 e. The fourth-order valence-electron chi connectivity index (χ4n) is 3.32. The summed E-state index contributed by atoms with van der Waals surface area (Å²) in [6, 6.07) is 22.3. The van der Waals surface area contributed by atoms with Gasteiger partial charge in [-0.2, -0.15) is 4.52 Å². The Morgan fingerprint density at radius 3 is 2.53 bits per heavy atom. The van der Waals surface area contributed by atoms with E-state index in [9.17, 15) is 4.79 Å². The molecule has 0 radical (unpaired) electrons. The van der Waals surface area contributed by atoms with Crippen LogP contribution in [0.25, 0.3) is 5.65 Å². The first-order valence-electron chi connectivity index (χ1n) is 10.6. The third-order valence-electron chi connectivity index (χ3n) is 5.11. The van der Waals surface area contributed by atoms with E-state index in [1.807, 2.05) is 30.3 Å². The number of nitrogens with zero attached hydrogens (tertiary/aromatic N) is 4. The number of nitrogens with one attached hydrogen (secondary N) is 2. The van der Waals surface area contributed by atoms with Gasteiger partial charge in [0.25, 0.3) is 0 Å². The molecule has 0 saturated heterocycles. The van der Waals surface area contributed by atoms with Crippen molar-refractivity contribution in [3.63, 3.8) is 0 Å². The van der Waals surface area contributed by atoms with Crippen LogP contribution in [0.15, 0.2) is 71.6 Å². The average Bonchev–Trinajstić information content (AvgIpc) is 3.25. The van der Waals surface area contributed by atoms with Gasteiger partial charge in [-0.1, -0.05) is 42.5 Å². The first kappa shape index (κ1) is 21.8. The molecule has 0 aliphatic carbocycles. The number of aryl methyl sites for hydroxylation is 1. The first-order chi connectivity index (χ1) is 15.7. The maximum Gasteiger partial charge on any atom is 0.220 e. The van der Waals surface area contributed by atoms with Crippen LogP contribution >= 0.6 is 11.8 Å². The number of hydrogen-bond donors (Lipinski definition) is 2. The lowest BCUT2D eigenvalue weighted by molar-refractivity contribution is -0.121. The quantitative estimate of drug-likeness (QED) is 0.361. The van der Waals surface area contributed by atoms with Crippen molar-refractivity contribution in [1.82, 2.24) is 25.1 Å². The zero-order valence-electron chi connectivity index (χ0n) is 18.0. The van der Waals surface area contributed by atoms with Crippen molar-refractivity contribution in [2.75, 3.05) is 18.1 Å². The van der Waals surface area contributed by atoms with Crippen LogP contribution in [0.3, 0.4) is 0 Å². The van der Waals surface area contributed by atoms with Crippen molar-refractivity contribution in [2.24, 2.45) is 0 Å². The molecule has 0 saturated carbocycles. The molecule has 2 heterocycles. The number of aromatic nitrogens is 4. The summed E-state index contributed by atoms with van der Waals surface area (Å²) < 4.78 is 1.70. The fourth-order valence-corrected chi connectivity index (χ4v) is 3.73. The second kappa shape index (κ2) is 10.8.